The minimum absolute atomic E-state index is 0.0920. The monoisotopic (exact) mass is 378 g/mol. The number of hydrogen-bond acceptors (Lipinski definition) is 4. The zero-order valence-electron chi connectivity index (χ0n) is 17.8. The molecule has 1 amide bonds. The van der Waals surface area contributed by atoms with Crippen LogP contribution in [0.1, 0.15) is 60.3 Å². The molecule has 1 aromatic carbocycles. The smallest absolute Gasteiger partial charge is 0.256 e. The standard InChI is InChI=1S/C22H38N2O3/c1-6-10-16-22(5,27-9-4)21(25)23-19-12-14-20(15-13-19)26-18-11-17-24(7-2)8-3/h12-15H,6-11,16-18H2,1-5H3,(H,23,25)/t22-/m1/s1. The van der Waals surface area contributed by atoms with E-state index in [1.54, 1.807) is 0 Å². The minimum Gasteiger partial charge on any atom is -0.494 e. The highest BCUT2D eigenvalue weighted by Crippen LogP contribution is 2.23. The summed E-state index contributed by atoms with van der Waals surface area (Å²) in [5, 5.41) is 2.97. The van der Waals surface area contributed by atoms with E-state index in [-0.39, 0.29) is 5.91 Å². The first kappa shape index (κ1) is 23.4. The van der Waals surface area contributed by atoms with Crippen LogP contribution in [-0.4, -0.2) is 49.3 Å². The van der Waals surface area contributed by atoms with Crippen LogP contribution >= 0.6 is 0 Å². The zero-order valence-corrected chi connectivity index (χ0v) is 17.8. The van der Waals surface area contributed by atoms with Gasteiger partial charge in [0.05, 0.1) is 6.61 Å². The molecule has 1 rings (SSSR count). The maximum Gasteiger partial charge on any atom is 0.256 e. The van der Waals surface area contributed by atoms with Crippen molar-refractivity contribution in [1.29, 1.82) is 0 Å². The molecule has 0 saturated carbocycles. The highest BCUT2D eigenvalue weighted by molar-refractivity contribution is 5.97. The number of nitrogens with zero attached hydrogens (tertiary/aromatic N) is 1. The van der Waals surface area contributed by atoms with E-state index < -0.39 is 5.60 Å². The van der Waals surface area contributed by atoms with Gasteiger partial charge in [-0.2, -0.15) is 0 Å². The Balaban J connectivity index is 2.51. The van der Waals surface area contributed by atoms with Crippen molar-refractivity contribution in [3.8, 4) is 5.75 Å². The number of nitrogens with one attached hydrogen (secondary N) is 1. The molecule has 5 heteroatoms. The summed E-state index contributed by atoms with van der Waals surface area (Å²) in [5.74, 6) is 0.733. The van der Waals surface area contributed by atoms with Crippen molar-refractivity contribution >= 4 is 11.6 Å². The van der Waals surface area contributed by atoms with Crippen LogP contribution in [0.25, 0.3) is 0 Å². The van der Waals surface area contributed by atoms with E-state index in [2.05, 4.69) is 31.0 Å². The van der Waals surface area contributed by atoms with Crippen molar-refractivity contribution in [2.75, 3.05) is 38.2 Å². The van der Waals surface area contributed by atoms with Crippen LogP contribution < -0.4 is 10.1 Å². The molecule has 0 unspecified atom stereocenters. The fourth-order valence-corrected chi connectivity index (χ4v) is 3.00. The van der Waals surface area contributed by atoms with E-state index >= 15 is 0 Å². The molecule has 0 aromatic heterocycles. The van der Waals surface area contributed by atoms with Gasteiger partial charge in [-0.05, 0) is 64.0 Å². The summed E-state index contributed by atoms with van der Waals surface area (Å²) in [6, 6.07) is 7.56. The van der Waals surface area contributed by atoms with Crippen molar-refractivity contribution in [2.45, 2.75) is 65.9 Å². The van der Waals surface area contributed by atoms with Gasteiger partial charge in [0, 0.05) is 18.8 Å². The van der Waals surface area contributed by atoms with E-state index in [1.807, 2.05) is 38.1 Å². The average molecular weight is 379 g/mol. The van der Waals surface area contributed by atoms with Gasteiger partial charge in [0.2, 0.25) is 0 Å². The summed E-state index contributed by atoms with van der Waals surface area (Å²) in [4.78, 5) is 15.1. The van der Waals surface area contributed by atoms with Crippen LogP contribution in [0.2, 0.25) is 0 Å². The second-order valence-electron chi connectivity index (χ2n) is 6.97. The number of rotatable bonds is 14. The molecule has 0 radical (unpaired) electrons. The lowest BCUT2D eigenvalue weighted by Crippen LogP contribution is -2.42. The first-order valence-corrected chi connectivity index (χ1v) is 10.4. The SMILES string of the molecule is CCCC[C@@](C)(OCC)C(=O)Nc1ccc(OCCCN(CC)CC)cc1. The zero-order chi connectivity index (χ0) is 20.1. The lowest BCUT2D eigenvalue weighted by atomic mass is 9.97. The number of amides is 1. The summed E-state index contributed by atoms with van der Waals surface area (Å²) in [7, 11) is 0. The molecule has 0 aliphatic heterocycles. The van der Waals surface area contributed by atoms with Gasteiger partial charge in [-0.15, -0.1) is 0 Å². The first-order chi connectivity index (χ1) is 13.0. The number of benzene rings is 1. The van der Waals surface area contributed by atoms with Crippen molar-refractivity contribution in [1.82, 2.24) is 4.90 Å². The fourth-order valence-electron chi connectivity index (χ4n) is 3.00. The molecule has 0 aliphatic rings. The third-order valence-electron chi connectivity index (χ3n) is 4.84. The van der Waals surface area contributed by atoms with Gasteiger partial charge >= 0.3 is 0 Å². The van der Waals surface area contributed by atoms with E-state index in [9.17, 15) is 4.79 Å². The Morgan fingerprint density at radius 1 is 1.07 bits per heavy atom. The minimum atomic E-state index is -0.787. The number of anilines is 1. The topological polar surface area (TPSA) is 50.8 Å². The number of ether oxygens (including phenoxy) is 2. The van der Waals surface area contributed by atoms with Gasteiger partial charge in [-0.1, -0.05) is 33.6 Å². The van der Waals surface area contributed by atoms with Crippen LogP contribution in [-0.2, 0) is 9.53 Å². The van der Waals surface area contributed by atoms with E-state index in [0.29, 0.717) is 13.2 Å². The number of hydrogen-bond donors (Lipinski definition) is 1. The molecule has 1 N–H and O–H groups in total. The van der Waals surface area contributed by atoms with Gasteiger partial charge < -0.3 is 19.7 Å². The molecule has 0 spiro atoms. The molecular weight excluding hydrogens is 340 g/mol. The number of carbonyl (C=O) groups is 1. The quantitative estimate of drug-likeness (QED) is 0.476. The Kier molecular flexibility index (Phi) is 11.1. The lowest BCUT2D eigenvalue weighted by Gasteiger charge is -2.28. The molecule has 0 bridgehead atoms. The largest absolute Gasteiger partial charge is 0.494 e. The van der Waals surface area contributed by atoms with Crippen LogP contribution in [0.3, 0.4) is 0 Å². The summed E-state index contributed by atoms with van der Waals surface area (Å²) in [5.41, 5.74) is -0.0254. The Labute approximate surface area is 165 Å². The summed E-state index contributed by atoms with van der Waals surface area (Å²) in [6.45, 7) is 14.7. The maximum atomic E-state index is 12.7. The Hall–Kier alpha value is -1.59. The summed E-state index contributed by atoms with van der Waals surface area (Å²) in [6.07, 6.45) is 3.72. The fraction of sp³-hybridized carbons (Fsp3) is 0.682. The maximum absolute atomic E-state index is 12.7. The Morgan fingerprint density at radius 3 is 2.30 bits per heavy atom. The van der Waals surface area contributed by atoms with Gasteiger partial charge in [0.15, 0.2) is 0 Å². The van der Waals surface area contributed by atoms with Crippen molar-refractivity contribution < 1.29 is 14.3 Å². The first-order valence-electron chi connectivity index (χ1n) is 10.4. The molecule has 0 aliphatic carbocycles. The van der Waals surface area contributed by atoms with Gasteiger partial charge in [0.25, 0.3) is 5.91 Å². The van der Waals surface area contributed by atoms with Crippen molar-refractivity contribution in [3.63, 3.8) is 0 Å². The van der Waals surface area contributed by atoms with Crippen LogP contribution in [0.15, 0.2) is 24.3 Å². The van der Waals surface area contributed by atoms with Crippen molar-refractivity contribution in [2.24, 2.45) is 0 Å². The third kappa shape index (κ3) is 8.31. The highest BCUT2D eigenvalue weighted by Gasteiger charge is 2.33. The lowest BCUT2D eigenvalue weighted by molar-refractivity contribution is -0.139. The second-order valence-corrected chi connectivity index (χ2v) is 6.97. The second kappa shape index (κ2) is 12.7. The summed E-state index contributed by atoms with van der Waals surface area (Å²) >= 11 is 0. The number of carbonyl (C=O) groups excluding carboxylic acids is 1. The molecule has 0 fully saturated rings. The van der Waals surface area contributed by atoms with Gasteiger partial charge in [-0.3, -0.25) is 4.79 Å². The van der Waals surface area contributed by atoms with Crippen molar-refractivity contribution in [3.05, 3.63) is 24.3 Å². The highest BCUT2D eigenvalue weighted by atomic mass is 16.5. The number of unbranched alkanes of at least 4 members (excludes halogenated alkanes) is 1. The third-order valence-corrected chi connectivity index (χ3v) is 4.84. The molecule has 154 valence electrons. The van der Waals surface area contributed by atoms with Crippen LogP contribution in [0, 0.1) is 0 Å². The van der Waals surface area contributed by atoms with Crippen LogP contribution in [0.4, 0.5) is 5.69 Å². The molecule has 27 heavy (non-hydrogen) atoms. The molecule has 1 aromatic rings. The van der Waals surface area contributed by atoms with Crippen LogP contribution in [0.5, 0.6) is 5.75 Å². The van der Waals surface area contributed by atoms with Gasteiger partial charge in [0.1, 0.15) is 11.4 Å². The van der Waals surface area contributed by atoms with E-state index in [1.165, 1.54) is 0 Å². The van der Waals surface area contributed by atoms with Gasteiger partial charge in [-0.25, -0.2) is 0 Å². The molecule has 0 saturated heterocycles. The molecule has 1 atom stereocenters. The predicted octanol–water partition coefficient (Wildman–Crippen LogP) is 4.72. The molecule has 0 heterocycles. The Morgan fingerprint density at radius 2 is 1.74 bits per heavy atom. The molecule has 5 nitrogen and oxygen atoms in total. The summed E-state index contributed by atoms with van der Waals surface area (Å²) < 4.78 is 11.6. The van der Waals surface area contributed by atoms with E-state index in [0.717, 1.165) is 56.8 Å². The average Bonchev–Trinajstić information content (AvgIpc) is 2.68. The molecular formula is C22H38N2O3. The van der Waals surface area contributed by atoms with E-state index in [4.69, 9.17) is 9.47 Å². The normalized spacial score (nSPS) is 13.4. The predicted molar refractivity (Wildman–Crippen MR) is 113 cm³/mol. The Bertz CT molecular complexity index is 529.